The molecule has 0 aliphatic heterocycles. The monoisotopic (exact) mass is 229 g/mol. The van der Waals surface area contributed by atoms with Crippen LogP contribution >= 0.6 is 11.6 Å². The smallest absolute Gasteiger partial charge is 0.235 e. The Hall–Kier alpha value is -1.07. The maximum atomic E-state index is 11.1. The van der Waals surface area contributed by atoms with Gasteiger partial charge < -0.3 is 10.4 Å². The first kappa shape index (κ1) is 10.4. The lowest BCUT2D eigenvalue weighted by atomic mass is 9.83. The lowest BCUT2D eigenvalue weighted by Gasteiger charge is -2.41. The quantitative estimate of drug-likeness (QED) is 0.712. The predicted molar refractivity (Wildman–Crippen MR) is 54.5 cm³/mol. The lowest BCUT2D eigenvalue weighted by molar-refractivity contribution is -0.122. The van der Waals surface area contributed by atoms with Crippen molar-refractivity contribution in [3.63, 3.8) is 0 Å². The standard InChI is InChI=1S/C9H12ClN3O2/c10-5-8(15)12-6-4-7(14)9(6)13-3-1-2-11-13/h1-3,6-7,9,14H,4-5H2,(H,12,15). The van der Waals surface area contributed by atoms with E-state index in [4.69, 9.17) is 11.6 Å². The highest BCUT2D eigenvalue weighted by atomic mass is 35.5. The second kappa shape index (κ2) is 4.20. The second-order valence-corrected chi connectivity index (χ2v) is 3.85. The van der Waals surface area contributed by atoms with Gasteiger partial charge >= 0.3 is 0 Å². The van der Waals surface area contributed by atoms with E-state index in [1.807, 2.05) is 0 Å². The van der Waals surface area contributed by atoms with E-state index in [-0.39, 0.29) is 23.9 Å². The van der Waals surface area contributed by atoms with Crippen molar-refractivity contribution in [2.45, 2.75) is 24.6 Å². The number of nitrogens with one attached hydrogen (secondary N) is 1. The molecule has 0 bridgehead atoms. The number of halogens is 1. The fourth-order valence-corrected chi connectivity index (χ4v) is 1.90. The van der Waals surface area contributed by atoms with E-state index in [1.54, 1.807) is 23.1 Å². The second-order valence-electron chi connectivity index (χ2n) is 3.59. The Labute approximate surface area is 92.0 Å². The Morgan fingerprint density at radius 2 is 2.53 bits per heavy atom. The lowest BCUT2D eigenvalue weighted by Crippen LogP contribution is -2.56. The number of nitrogens with zero attached hydrogens (tertiary/aromatic N) is 2. The van der Waals surface area contributed by atoms with Crippen LogP contribution in [0.15, 0.2) is 18.5 Å². The molecule has 1 aliphatic carbocycles. The zero-order valence-corrected chi connectivity index (χ0v) is 8.76. The number of aromatic nitrogens is 2. The summed E-state index contributed by atoms with van der Waals surface area (Å²) in [6.45, 7) is 0. The number of aliphatic hydroxyl groups excluding tert-OH is 1. The molecule has 1 amide bonds. The number of alkyl halides is 1. The molecular weight excluding hydrogens is 218 g/mol. The van der Waals surface area contributed by atoms with Gasteiger partial charge in [-0.25, -0.2) is 0 Å². The van der Waals surface area contributed by atoms with Crippen molar-refractivity contribution in [2.75, 3.05) is 5.88 Å². The van der Waals surface area contributed by atoms with E-state index < -0.39 is 6.10 Å². The van der Waals surface area contributed by atoms with Crippen LogP contribution in [0.2, 0.25) is 0 Å². The van der Waals surface area contributed by atoms with E-state index in [2.05, 4.69) is 10.4 Å². The van der Waals surface area contributed by atoms with E-state index in [1.165, 1.54) is 0 Å². The molecule has 0 spiro atoms. The molecule has 0 aromatic carbocycles. The fraction of sp³-hybridized carbons (Fsp3) is 0.556. The van der Waals surface area contributed by atoms with Gasteiger partial charge in [-0.2, -0.15) is 5.10 Å². The third-order valence-electron chi connectivity index (χ3n) is 2.60. The van der Waals surface area contributed by atoms with Crippen LogP contribution in [0.5, 0.6) is 0 Å². The number of amides is 1. The Kier molecular flexibility index (Phi) is 2.93. The van der Waals surface area contributed by atoms with Gasteiger partial charge in [-0.1, -0.05) is 0 Å². The molecule has 1 fully saturated rings. The van der Waals surface area contributed by atoms with Gasteiger partial charge in [0.2, 0.25) is 5.91 Å². The van der Waals surface area contributed by atoms with Crippen molar-refractivity contribution in [1.82, 2.24) is 15.1 Å². The summed E-state index contributed by atoms with van der Waals surface area (Å²) in [5, 5.41) is 16.4. The first-order valence-electron chi connectivity index (χ1n) is 4.75. The van der Waals surface area contributed by atoms with Gasteiger partial charge in [-0.3, -0.25) is 9.48 Å². The summed E-state index contributed by atoms with van der Waals surface area (Å²) in [6, 6.07) is 1.53. The van der Waals surface area contributed by atoms with Crippen molar-refractivity contribution in [3.8, 4) is 0 Å². The van der Waals surface area contributed by atoms with Crippen LogP contribution < -0.4 is 5.32 Å². The summed E-state index contributed by atoms with van der Waals surface area (Å²) in [4.78, 5) is 11.1. The van der Waals surface area contributed by atoms with Gasteiger partial charge in [0.25, 0.3) is 0 Å². The number of carbonyl (C=O) groups excluding carboxylic acids is 1. The fourth-order valence-electron chi connectivity index (χ4n) is 1.82. The van der Waals surface area contributed by atoms with Gasteiger partial charge in [0.15, 0.2) is 0 Å². The zero-order valence-electron chi connectivity index (χ0n) is 8.01. The highest BCUT2D eigenvalue weighted by molar-refractivity contribution is 6.27. The molecule has 15 heavy (non-hydrogen) atoms. The zero-order chi connectivity index (χ0) is 10.8. The molecule has 1 heterocycles. The summed E-state index contributed by atoms with van der Waals surface area (Å²) < 4.78 is 1.66. The van der Waals surface area contributed by atoms with Crippen molar-refractivity contribution in [3.05, 3.63) is 18.5 Å². The predicted octanol–water partition coefficient (Wildman–Crippen LogP) is -0.0876. The molecule has 3 atom stereocenters. The molecule has 3 unspecified atom stereocenters. The van der Waals surface area contributed by atoms with Gasteiger partial charge in [-0.15, -0.1) is 11.6 Å². The molecule has 6 heteroatoms. The largest absolute Gasteiger partial charge is 0.391 e. The number of rotatable bonds is 3. The van der Waals surface area contributed by atoms with E-state index in [9.17, 15) is 9.90 Å². The highest BCUT2D eigenvalue weighted by Gasteiger charge is 2.42. The van der Waals surface area contributed by atoms with Crippen molar-refractivity contribution in [1.29, 1.82) is 0 Å². The third kappa shape index (κ3) is 1.98. The summed E-state index contributed by atoms with van der Waals surface area (Å²) in [7, 11) is 0. The molecule has 1 aromatic heterocycles. The van der Waals surface area contributed by atoms with Crippen LogP contribution in [0.25, 0.3) is 0 Å². The van der Waals surface area contributed by atoms with Crippen molar-refractivity contribution in [2.24, 2.45) is 0 Å². The van der Waals surface area contributed by atoms with Gasteiger partial charge in [0.05, 0.1) is 18.2 Å². The van der Waals surface area contributed by atoms with Crippen molar-refractivity contribution >= 4 is 17.5 Å². The SMILES string of the molecule is O=C(CCl)NC1CC(O)C1n1cccn1. The maximum Gasteiger partial charge on any atom is 0.235 e. The number of carbonyl (C=O) groups is 1. The van der Waals surface area contributed by atoms with Crippen LogP contribution in [0.4, 0.5) is 0 Å². The molecule has 0 radical (unpaired) electrons. The summed E-state index contributed by atoms with van der Waals surface area (Å²) in [5.74, 6) is -0.274. The number of hydrogen-bond acceptors (Lipinski definition) is 3. The Bertz CT molecular complexity index is 341. The topological polar surface area (TPSA) is 67.2 Å². The van der Waals surface area contributed by atoms with Crippen LogP contribution in [0.1, 0.15) is 12.5 Å². The van der Waals surface area contributed by atoms with Crippen LogP contribution in [0, 0.1) is 0 Å². The molecule has 82 valence electrons. The summed E-state index contributed by atoms with van der Waals surface area (Å²) in [5.41, 5.74) is 0. The molecule has 1 aliphatic rings. The minimum Gasteiger partial charge on any atom is -0.391 e. The Morgan fingerprint density at radius 3 is 3.07 bits per heavy atom. The average molecular weight is 230 g/mol. The molecule has 2 N–H and O–H groups in total. The number of hydrogen-bond donors (Lipinski definition) is 2. The first-order valence-corrected chi connectivity index (χ1v) is 5.28. The van der Waals surface area contributed by atoms with Gasteiger partial charge in [0, 0.05) is 12.4 Å². The minimum absolute atomic E-state index is 0.0571. The van der Waals surface area contributed by atoms with E-state index >= 15 is 0 Å². The molecule has 2 rings (SSSR count). The summed E-state index contributed by atoms with van der Waals surface area (Å²) in [6.07, 6.45) is 3.51. The van der Waals surface area contributed by atoms with Gasteiger partial charge in [-0.05, 0) is 12.5 Å². The Balaban J connectivity index is 2.01. The van der Waals surface area contributed by atoms with Crippen molar-refractivity contribution < 1.29 is 9.90 Å². The minimum atomic E-state index is -0.453. The molecule has 0 saturated heterocycles. The van der Waals surface area contributed by atoms with Crippen LogP contribution in [-0.4, -0.2) is 38.8 Å². The van der Waals surface area contributed by atoms with E-state index in [0.717, 1.165) is 0 Å². The molecule has 1 aromatic rings. The normalized spacial score (nSPS) is 29.6. The molecule has 1 saturated carbocycles. The Morgan fingerprint density at radius 1 is 1.73 bits per heavy atom. The first-order chi connectivity index (χ1) is 7.22. The van der Waals surface area contributed by atoms with E-state index in [0.29, 0.717) is 6.42 Å². The third-order valence-corrected chi connectivity index (χ3v) is 2.84. The van der Waals surface area contributed by atoms with Crippen LogP contribution in [-0.2, 0) is 4.79 Å². The summed E-state index contributed by atoms with van der Waals surface area (Å²) >= 11 is 5.39. The molecular formula is C9H12ClN3O2. The van der Waals surface area contributed by atoms with Crippen LogP contribution in [0.3, 0.4) is 0 Å². The highest BCUT2D eigenvalue weighted by Crippen LogP contribution is 2.32. The van der Waals surface area contributed by atoms with Gasteiger partial charge in [0.1, 0.15) is 5.88 Å². The number of aliphatic hydroxyl groups is 1. The average Bonchev–Trinajstić information content (AvgIpc) is 2.69. The molecule has 5 nitrogen and oxygen atoms in total. The maximum absolute atomic E-state index is 11.1.